The van der Waals surface area contributed by atoms with Gasteiger partial charge in [-0.25, -0.2) is 0 Å². The summed E-state index contributed by atoms with van der Waals surface area (Å²) < 4.78 is 2.38. The smallest absolute Gasteiger partial charge is 0.174 e. The summed E-state index contributed by atoms with van der Waals surface area (Å²) in [6, 6.07) is 16.2. The zero-order valence-corrected chi connectivity index (χ0v) is 15.4. The number of Topliss-reactive ketones (excluding diaryl/α,β-unsaturated/α-hetero) is 2. The molecule has 1 unspecified atom stereocenters. The van der Waals surface area contributed by atoms with Crippen molar-refractivity contribution in [3.05, 3.63) is 59.7 Å². The van der Waals surface area contributed by atoms with E-state index in [2.05, 4.69) is 19.1 Å². The van der Waals surface area contributed by atoms with Crippen LogP contribution < -0.4 is 0 Å². The number of carbonyl (C=O) groups is 2. The van der Waals surface area contributed by atoms with E-state index in [1.807, 2.05) is 36.4 Å². The van der Waals surface area contributed by atoms with Crippen molar-refractivity contribution in [2.45, 2.75) is 26.2 Å². The molecule has 2 nitrogen and oxygen atoms in total. The normalized spacial score (nSPS) is 16.9. The third kappa shape index (κ3) is 2.04. The minimum absolute atomic E-state index is 0.00186. The average Bonchev–Trinajstić information content (AvgIpc) is 3.05. The van der Waals surface area contributed by atoms with Crippen molar-refractivity contribution in [2.24, 2.45) is 5.92 Å². The van der Waals surface area contributed by atoms with Crippen LogP contribution >= 0.6 is 11.3 Å². The molecule has 1 aromatic heterocycles. The van der Waals surface area contributed by atoms with Gasteiger partial charge in [0.25, 0.3) is 0 Å². The number of hydrogen-bond donors (Lipinski definition) is 0. The molecule has 0 fully saturated rings. The maximum absolute atomic E-state index is 13.2. The van der Waals surface area contributed by atoms with Gasteiger partial charge >= 0.3 is 0 Å². The summed E-state index contributed by atoms with van der Waals surface area (Å²) in [5, 5.41) is 4.20. The number of fused-ring (bicyclic) bond motifs is 4. The van der Waals surface area contributed by atoms with Crippen LogP contribution in [0, 0.1) is 5.92 Å². The second-order valence-electron chi connectivity index (χ2n) is 7.05. The third-order valence-electron chi connectivity index (χ3n) is 5.51. The lowest BCUT2D eigenvalue weighted by Crippen LogP contribution is -2.29. The van der Waals surface area contributed by atoms with Gasteiger partial charge in [0.05, 0.1) is 5.92 Å². The van der Waals surface area contributed by atoms with Crippen molar-refractivity contribution in [3.63, 3.8) is 0 Å². The highest BCUT2D eigenvalue weighted by Crippen LogP contribution is 2.43. The second-order valence-corrected chi connectivity index (χ2v) is 8.10. The average molecular weight is 358 g/mol. The number of unbranched alkanes of at least 4 members (excludes halogenated alkanes) is 1. The zero-order chi connectivity index (χ0) is 17.8. The molecule has 0 spiro atoms. The maximum Gasteiger partial charge on any atom is 0.174 e. The van der Waals surface area contributed by atoms with Gasteiger partial charge in [0.15, 0.2) is 11.6 Å². The molecule has 0 amide bonds. The Hall–Kier alpha value is -2.52. The van der Waals surface area contributed by atoms with Crippen LogP contribution in [-0.4, -0.2) is 11.6 Å². The largest absolute Gasteiger partial charge is 0.293 e. The van der Waals surface area contributed by atoms with Gasteiger partial charge in [-0.1, -0.05) is 56.2 Å². The van der Waals surface area contributed by atoms with E-state index in [0.717, 1.165) is 40.1 Å². The number of carbonyl (C=O) groups excluding carboxylic acids is 2. The molecule has 5 rings (SSSR count). The molecule has 1 atom stereocenters. The van der Waals surface area contributed by atoms with Gasteiger partial charge in [-0.15, -0.1) is 11.3 Å². The van der Waals surface area contributed by atoms with Crippen molar-refractivity contribution < 1.29 is 9.59 Å². The van der Waals surface area contributed by atoms with Crippen molar-refractivity contribution in [1.29, 1.82) is 0 Å². The number of hydrogen-bond acceptors (Lipinski definition) is 3. The van der Waals surface area contributed by atoms with E-state index in [9.17, 15) is 9.59 Å². The van der Waals surface area contributed by atoms with Gasteiger partial charge in [0.1, 0.15) is 0 Å². The van der Waals surface area contributed by atoms with Crippen LogP contribution in [0.25, 0.3) is 30.9 Å². The van der Waals surface area contributed by atoms with Crippen LogP contribution in [0.2, 0.25) is 0 Å². The monoisotopic (exact) mass is 358 g/mol. The third-order valence-corrected chi connectivity index (χ3v) is 6.73. The fraction of sp³-hybridized carbons (Fsp3) is 0.217. The van der Waals surface area contributed by atoms with Crippen LogP contribution in [0.5, 0.6) is 0 Å². The highest BCUT2D eigenvalue weighted by molar-refractivity contribution is 7.26. The first kappa shape index (κ1) is 15.7. The maximum atomic E-state index is 13.2. The number of thiophene rings is 1. The zero-order valence-electron chi connectivity index (χ0n) is 14.5. The Morgan fingerprint density at radius 3 is 2.50 bits per heavy atom. The van der Waals surface area contributed by atoms with Crippen molar-refractivity contribution in [3.8, 4) is 0 Å². The molecule has 4 aromatic rings. The first-order valence-electron chi connectivity index (χ1n) is 9.16. The summed E-state index contributed by atoms with van der Waals surface area (Å²) in [5.74, 6) is -0.512. The van der Waals surface area contributed by atoms with Crippen LogP contribution in [0.1, 0.15) is 46.9 Å². The van der Waals surface area contributed by atoms with E-state index >= 15 is 0 Å². The minimum atomic E-state index is -0.518. The Labute approximate surface area is 155 Å². The van der Waals surface area contributed by atoms with Crippen LogP contribution in [0.3, 0.4) is 0 Å². The molecule has 0 saturated carbocycles. The summed E-state index contributed by atoms with van der Waals surface area (Å²) in [7, 11) is 0. The molecular formula is C23H18O2S. The quantitative estimate of drug-likeness (QED) is 0.397. The van der Waals surface area contributed by atoms with E-state index in [1.54, 1.807) is 11.3 Å². The predicted molar refractivity (Wildman–Crippen MR) is 109 cm³/mol. The molecule has 0 N–H and O–H groups in total. The standard InChI is InChI=1S/C23H18O2S/c1-2-3-7-16-21(24)14-9-6-10-15-20(14)18(22(16)25)12-17-13-8-4-5-11-19(13)26-23(15)17/h4-6,8-12,16H,2-3,7H2,1H3. The van der Waals surface area contributed by atoms with Crippen LogP contribution in [0.15, 0.2) is 48.5 Å². The van der Waals surface area contributed by atoms with Crippen LogP contribution in [-0.2, 0) is 0 Å². The molecule has 1 aliphatic rings. The highest BCUT2D eigenvalue weighted by Gasteiger charge is 2.35. The molecule has 0 bridgehead atoms. The van der Waals surface area contributed by atoms with E-state index in [1.165, 1.54) is 14.8 Å². The predicted octanol–water partition coefficient (Wildman–Crippen LogP) is 6.39. The first-order chi connectivity index (χ1) is 12.7. The molecule has 26 heavy (non-hydrogen) atoms. The Bertz CT molecular complexity index is 1220. The van der Waals surface area contributed by atoms with Crippen molar-refractivity contribution in [2.75, 3.05) is 0 Å². The first-order valence-corrected chi connectivity index (χ1v) is 9.97. The van der Waals surface area contributed by atoms with Crippen molar-refractivity contribution in [1.82, 2.24) is 0 Å². The summed E-state index contributed by atoms with van der Waals surface area (Å²) in [5.41, 5.74) is 1.45. The topological polar surface area (TPSA) is 34.1 Å². The Kier molecular flexibility index (Phi) is 3.47. The summed E-state index contributed by atoms with van der Waals surface area (Å²) in [6.45, 7) is 2.09. The molecular weight excluding hydrogens is 340 g/mol. The van der Waals surface area contributed by atoms with Gasteiger partial charge in [-0.2, -0.15) is 0 Å². The Balaban J connectivity index is 1.89. The van der Waals surface area contributed by atoms with Gasteiger partial charge in [-0.05, 0) is 18.6 Å². The lowest BCUT2D eigenvalue weighted by Gasteiger charge is -2.23. The lowest BCUT2D eigenvalue weighted by atomic mass is 9.77. The van der Waals surface area contributed by atoms with Gasteiger partial charge in [0.2, 0.25) is 0 Å². The fourth-order valence-electron chi connectivity index (χ4n) is 4.22. The number of rotatable bonds is 3. The molecule has 0 aliphatic heterocycles. The summed E-state index contributed by atoms with van der Waals surface area (Å²) in [6.07, 6.45) is 2.53. The van der Waals surface area contributed by atoms with Gasteiger partial charge < -0.3 is 0 Å². The molecule has 1 heterocycles. The Morgan fingerprint density at radius 2 is 1.65 bits per heavy atom. The van der Waals surface area contributed by atoms with E-state index in [-0.39, 0.29) is 11.6 Å². The van der Waals surface area contributed by atoms with Crippen molar-refractivity contribution >= 4 is 53.8 Å². The van der Waals surface area contributed by atoms with E-state index < -0.39 is 5.92 Å². The molecule has 3 heteroatoms. The number of ketones is 2. The number of benzene rings is 3. The molecule has 0 saturated heterocycles. The molecule has 0 radical (unpaired) electrons. The lowest BCUT2D eigenvalue weighted by molar-refractivity contribution is 0.0793. The Morgan fingerprint density at radius 1 is 0.885 bits per heavy atom. The SMILES string of the molecule is CCCCC1C(=O)c2cccc3c2c(cc2c4ccccc4sc32)C1=O. The second kappa shape index (κ2) is 5.75. The van der Waals surface area contributed by atoms with E-state index in [4.69, 9.17) is 0 Å². The van der Waals surface area contributed by atoms with Crippen LogP contribution in [0.4, 0.5) is 0 Å². The highest BCUT2D eigenvalue weighted by atomic mass is 32.1. The molecule has 1 aliphatic carbocycles. The summed E-state index contributed by atoms with van der Waals surface area (Å²) >= 11 is 1.74. The summed E-state index contributed by atoms with van der Waals surface area (Å²) in [4.78, 5) is 26.2. The fourth-order valence-corrected chi connectivity index (χ4v) is 5.43. The minimum Gasteiger partial charge on any atom is -0.293 e. The van der Waals surface area contributed by atoms with Gasteiger partial charge in [-0.3, -0.25) is 9.59 Å². The van der Waals surface area contributed by atoms with Gasteiger partial charge in [0, 0.05) is 42.1 Å². The molecule has 128 valence electrons. The molecule has 3 aromatic carbocycles. The van der Waals surface area contributed by atoms with E-state index in [0.29, 0.717) is 6.42 Å².